The van der Waals surface area contributed by atoms with Gasteiger partial charge in [-0.05, 0) is 25.2 Å². The van der Waals surface area contributed by atoms with E-state index in [2.05, 4.69) is 10.4 Å². The number of anilines is 1. The Morgan fingerprint density at radius 1 is 1.37 bits per heavy atom. The van der Waals surface area contributed by atoms with Crippen LogP contribution in [-0.2, 0) is 18.8 Å². The van der Waals surface area contributed by atoms with Crippen molar-refractivity contribution < 1.29 is 4.74 Å². The lowest BCUT2D eigenvalue weighted by atomic mass is 10.4. The molecular formula is C12H20N4O3. The van der Waals surface area contributed by atoms with Crippen molar-refractivity contribution in [3.8, 4) is 0 Å². The summed E-state index contributed by atoms with van der Waals surface area (Å²) >= 11 is 0. The van der Waals surface area contributed by atoms with Gasteiger partial charge < -0.3 is 10.1 Å². The number of ether oxygens (including phenoxy) is 1. The van der Waals surface area contributed by atoms with Gasteiger partial charge in [-0.2, -0.15) is 0 Å². The van der Waals surface area contributed by atoms with Gasteiger partial charge in [-0.1, -0.05) is 0 Å². The third kappa shape index (κ3) is 3.66. The van der Waals surface area contributed by atoms with Gasteiger partial charge in [0.2, 0.25) is 5.82 Å². The lowest BCUT2D eigenvalue weighted by Crippen LogP contribution is -2.40. The molecule has 106 valence electrons. The van der Waals surface area contributed by atoms with Crippen molar-refractivity contribution in [1.29, 1.82) is 0 Å². The summed E-state index contributed by atoms with van der Waals surface area (Å²) in [5, 5.41) is 6.85. The molecule has 0 radical (unpaired) electrons. The molecule has 0 aliphatic heterocycles. The molecule has 0 amide bonds. The number of nitrogens with zero attached hydrogens (tertiary/aromatic N) is 3. The Balaban J connectivity index is 1.78. The molecule has 1 N–H and O–H groups in total. The summed E-state index contributed by atoms with van der Waals surface area (Å²) in [7, 11) is 2.96. The van der Waals surface area contributed by atoms with E-state index in [4.69, 9.17) is 4.74 Å². The lowest BCUT2D eigenvalue weighted by Gasteiger charge is -2.08. The van der Waals surface area contributed by atoms with Crippen molar-refractivity contribution in [2.45, 2.75) is 19.3 Å². The molecule has 0 saturated heterocycles. The molecule has 1 fully saturated rings. The quantitative estimate of drug-likeness (QED) is 0.687. The zero-order valence-electron chi connectivity index (χ0n) is 11.4. The van der Waals surface area contributed by atoms with Crippen molar-refractivity contribution in [1.82, 2.24) is 14.3 Å². The number of nitrogens with one attached hydrogen (secondary N) is 1. The fourth-order valence-electron chi connectivity index (χ4n) is 1.72. The van der Waals surface area contributed by atoms with Gasteiger partial charge in [-0.15, -0.1) is 5.10 Å². The number of hydrogen-bond donors (Lipinski definition) is 1. The van der Waals surface area contributed by atoms with Gasteiger partial charge in [0.15, 0.2) is 0 Å². The summed E-state index contributed by atoms with van der Waals surface area (Å²) in [6.45, 7) is 2.13. The molecule has 0 unspecified atom stereocenters. The zero-order chi connectivity index (χ0) is 13.8. The molecular weight excluding hydrogens is 248 g/mol. The average molecular weight is 268 g/mol. The summed E-state index contributed by atoms with van der Waals surface area (Å²) in [5.41, 5.74) is -0.828. The fourth-order valence-corrected chi connectivity index (χ4v) is 1.72. The van der Waals surface area contributed by atoms with E-state index in [1.54, 1.807) is 0 Å². The Morgan fingerprint density at radius 2 is 2.11 bits per heavy atom. The normalized spacial score (nSPS) is 14.6. The van der Waals surface area contributed by atoms with Crippen LogP contribution in [0, 0.1) is 5.92 Å². The fraction of sp³-hybridized carbons (Fsp3) is 0.750. The third-order valence-corrected chi connectivity index (χ3v) is 3.13. The largest absolute Gasteiger partial charge is 0.381 e. The first-order chi connectivity index (χ1) is 9.09. The van der Waals surface area contributed by atoms with Crippen LogP contribution in [0.2, 0.25) is 0 Å². The highest BCUT2D eigenvalue weighted by molar-refractivity contribution is 5.29. The average Bonchev–Trinajstić information content (AvgIpc) is 3.21. The van der Waals surface area contributed by atoms with E-state index < -0.39 is 11.2 Å². The number of rotatable bonds is 7. The molecule has 0 spiro atoms. The molecule has 0 aromatic carbocycles. The van der Waals surface area contributed by atoms with Gasteiger partial charge in [0, 0.05) is 33.9 Å². The summed E-state index contributed by atoms with van der Waals surface area (Å²) < 4.78 is 7.68. The van der Waals surface area contributed by atoms with E-state index in [9.17, 15) is 9.59 Å². The standard InChI is InChI=1S/C12H20N4O3/c1-15-11(17)10(14-16(2)12(15)18)13-6-3-7-19-8-9-4-5-9/h9H,3-8H2,1-2H3,(H,13,14). The van der Waals surface area contributed by atoms with Crippen molar-refractivity contribution in [2.24, 2.45) is 20.0 Å². The maximum atomic E-state index is 11.8. The highest BCUT2D eigenvalue weighted by Crippen LogP contribution is 2.28. The minimum atomic E-state index is -0.427. The van der Waals surface area contributed by atoms with Crippen molar-refractivity contribution in [3.63, 3.8) is 0 Å². The summed E-state index contributed by atoms with van der Waals surface area (Å²) in [4.78, 5) is 23.2. The Kier molecular flexibility index (Phi) is 4.36. The van der Waals surface area contributed by atoms with Gasteiger partial charge in [-0.3, -0.25) is 9.36 Å². The minimum Gasteiger partial charge on any atom is -0.381 e. The molecule has 1 saturated carbocycles. The predicted octanol–water partition coefficient (Wildman–Crippen LogP) is -0.292. The smallest absolute Gasteiger partial charge is 0.346 e. The highest BCUT2D eigenvalue weighted by atomic mass is 16.5. The lowest BCUT2D eigenvalue weighted by molar-refractivity contribution is 0.124. The van der Waals surface area contributed by atoms with Crippen LogP contribution in [0.25, 0.3) is 0 Å². The molecule has 1 heterocycles. The summed E-state index contributed by atoms with van der Waals surface area (Å²) in [6.07, 6.45) is 3.38. The number of aromatic nitrogens is 3. The SMILES string of the molecule is Cn1nc(NCCCOCC2CC2)c(=O)n(C)c1=O. The number of aryl methyl sites for hydroxylation is 1. The predicted molar refractivity (Wildman–Crippen MR) is 71.4 cm³/mol. The summed E-state index contributed by atoms with van der Waals surface area (Å²) in [6, 6.07) is 0. The molecule has 1 aromatic rings. The molecule has 1 aliphatic carbocycles. The Morgan fingerprint density at radius 3 is 2.79 bits per heavy atom. The van der Waals surface area contributed by atoms with E-state index in [-0.39, 0.29) is 5.82 Å². The van der Waals surface area contributed by atoms with E-state index in [0.29, 0.717) is 13.2 Å². The first kappa shape index (κ1) is 13.8. The van der Waals surface area contributed by atoms with Crippen LogP contribution < -0.4 is 16.6 Å². The van der Waals surface area contributed by atoms with Crippen molar-refractivity contribution in [3.05, 3.63) is 20.8 Å². The van der Waals surface area contributed by atoms with E-state index >= 15 is 0 Å². The third-order valence-electron chi connectivity index (χ3n) is 3.13. The van der Waals surface area contributed by atoms with Crippen LogP contribution in [-0.4, -0.2) is 34.1 Å². The minimum absolute atomic E-state index is 0.201. The summed E-state index contributed by atoms with van der Waals surface area (Å²) in [5.74, 6) is 0.970. The van der Waals surface area contributed by atoms with Crippen LogP contribution in [0.3, 0.4) is 0 Å². The maximum absolute atomic E-state index is 11.8. The monoisotopic (exact) mass is 268 g/mol. The first-order valence-corrected chi connectivity index (χ1v) is 6.55. The molecule has 19 heavy (non-hydrogen) atoms. The second-order valence-electron chi connectivity index (χ2n) is 4.92. The second kappa shape index (κ2) is 6.01. The van der Waals surface area contributed by atoms with Crippen LogP contribution >= 0.6 is 0 Å². The second-order valence-corrected chi connectivity index (χ2v) is 4.92. The van der Waals surface area contributed by atoms with Crippen LogP contribution in [0.4, 0.5) is 5.82 Å². The van der Waals surface area contributed by atoms with E-state index in [1.165, 1.54) is 26.9 Å². The molecule has 2 rings (SSSR count). The zero-order valence-corrected chi connectivity index (χ0v) is 11.4. The van der Waals surface area contributed by atoms with Crippen LogP contribution in [0.5, 0.6) is 0 Å². The van der Waals surface area contributed by atoms with Crippen molar-refractivity contribution >= 4 is 5.82 Å². The highest BCUT2D eigenvalue weighted by Gasteiger charge is 2.20. The van der Waals surface area contributed by atoms with E-state index in [1.807, 2.05) is 0 Å². The van der Waals surface area contributed by atoms with Gasteiger partial charge in [-0.25, -0.2) is 9.48 Å². The molecule has 7 heteroatoms. The van der Waals surface area contributed by atoms with E-state index in [0.717, 1.165) is 28.2 Å². The Hall–Kier alpha value is -1.63. The Labute approximate surface area is 111 Å². The van der Waals surface area contributed by atoms with Crippen LogP contribution in [0.15, 0.2) is 9.59 Å². The molecule has 7 nitrogen and oxygen atoms in total. The maximum Gasteiger partial charge on any atom is 0.346 e. The molecule has 0 atom stereocenters. The topological polar surface area (TPSA) is 78.2 Å². The molecule has 0 bridgehead atoms. The van der Waals surface area contributed by atoms with Gasteiger partial charge in [0.1, 0.15) is 0 Å². The molecule has 1 aromatic heterocycles. The van der Waals surface area contributed by atoms with Gasteiger partial charge >= 0.3 is 5.69 Å². The molecule has 1 aliphatic rings. The first-order valence-electron chi connectivity index (χ1n) is 6.55. The Bertz CT molecular complexity index is 545. The number of hydrogen-bond acceptors (Lipinski definition) is 5. The van der Waals surface area contributed by atoms with Crippen LogP contribution in [0.1, 0.15) is 19.3 Å². The van der Waals surface area contributed by atoms with Gasteiger partial charge in [0.05, 0.1) is 0 Å². The van der Waals surface area contributed by atoms with Crippen molar-refractivity contribution in [2.75, 3.05) is 25.1 Å². The van der Waals surface area contributed by atoms with Gasteiger partial charge in [0.25, 0.3) is 5.56 Å².